The van der Waals surface area contributed by atoms with Crippen LogP contribution in [0, 0.1) is 11.6 Å². The predicted molar refractivity (Wildman–Crippen MR) is 81.4 cm³/mol. The highest BCUT2D eigenvalue weighted by atomic mass is 19.1. The number of amides is 2. The molecule has 0 bridgehead atoms. The van der Waals surface area contributed by atoms with Gasteiger partial charge in [0.2, 0.25) is 0 Å². The van der Waals surface area contributed by atoms with Gasteiger partial charge < -0.3 is 10.2 Å². The smallest absolute Gasteiger partial charge is 0.313 e. The molecule has 0 aliphatic rings. The molecule has 122 valence electrons. The van der Waals surface area contributed by atoms with Crippen LogP contribution in [0.4, 0.5) is 14.5 Å². The molecule has 0 saturated carbocycles. The van der Waals surface area contributed by atoms with E-state index < -0.39 is 23.4 Å². The molecule has 4 nitrogen and oxygen atoms in total. The second-order valence-electron chi connectivity index (χ2n) is 5.08. The first-order valence-corrected chi connectivity index (χ1v) is 7.54. The first-order valence-electron chi connectivity index (χ1n) is 7.54. The monoisotopic (exact) mass is 312 g/mol. The van der Waals surface area contributed by atoms with Crippen molar-refractivity contribution in [3.8, 4) is 0 Å². The molecule has 6 heteroatoms. The van der Waals surface area contributed by atoms with Crippen molar-refractivity contribution in [2.45, 2.75) is 39.5 Å². The van der Waals surface area contributed by atoms with Gasteiger partial charge >= 0.3 is 11.8 Å². The average Bonchev–Trinajstić information content (AvgIpc) is 2.49. The van der Waals surface area contributed by atoms with Crippen molar-refractivity contribution in [3.63, 3.8) is 0 Å². The maximum absolute atomic E-state index is 13.5. The van der Waals surface area contributed by atoms with E-state index in [1.807, 2.05) is 13.8 Å². The lowest BCUT2D eigenvalue weighted by Crippen LogP contribution is -2.41. The van der Waals surface area contributed by atoms with Crippen molar-refractivity contribution in [1.29, 1.82) is 0 Å². The molecule has 22 heavy (non-hydrogen) atoms. The Morgan fingerprint density at radius 3 is 2.18 bits per heavy atom. The number of anilines is 1. The second kappa shape index (κ2) is 9.12. The van der Waals surface area contributed by atoms with Gasteiger partial charge in [-0.05, 0) is 25.0 Å². The zero-order chi connectivity index (χ0) is 16.5. The summed E-state index contributed by atoms with van der Waals surface area (Å²) in [6.07, 6.45) is 3.41. The molecule has 1 aromatic rings. The quantitative estimate of drug-likeness (QED) is 0.785. The fourth-order valence-corrected chi connectivity index (χ4v) is 1.92. The van der Waals surface area contributed by atoms with Crippen molar-refractivity contribution in [2.24, 2.45) is 0 Å². The molecule has 2 amide bonds. The van der Waals surface area contributed by atoms with Gasteiger partial charge in [-0.1, -0.05) is 26.7 Å². The Bertz CT molecular complexity index is 513. The fourth-order valence-electron chi connectivity index (χ4n) is 1.92. The number of benzene rings is 1. The van der Waals surface area contributed by atoms with Crippen LogP contribution >= 0.6 is 0 Å². The predicted octanol–water partition coefficient (Wildman–Crippen LogP) is 3.33. The molecule has 0 saturated heterocycles. The van der Waals surface area contributed by atoms with E-state index in [4.69, 9.17) is 0 Å². The van der Waals surface area contributed by atoms with Crippen LogP contribution in [0.3, 0.4) is 0 Å². The average molecular weight is 312 g/mol. The van der Waals surface area contributed by atoms with E-state index in [-0.39, 0.29) is 5.69 Å². The number of hydrogen-bond donors (Lipinski definition) is 1. The van der Waals surface area contributed by atoms with Crippen LogP contribution in [0.15, 0.2) is 18.2 Å². The Labute approximate surface area is 129 Å². The summed E-state index contributed by atoms with van der Waals surface area (Å²) in [6, 6.07) is 2.78. The number of nitrogens with zero attached hydrogens (tertiary/aromatic N) is 1. The largest absolute Gasteiger partial charge is 0.334 e. The number of hydrogen-bond acceptors (Lipinski definition) is 2. The number of unbranched alkanes of at least 4 members (excludes halogenated alkanes) is 2. The van der Waals surface area contributed by atoms with Gasteiger partial charge in [0.1, 0.15) is 11.6 Å². The van der Waals surface area contributed by atoms with Crippen LogP contribution in [0.5, 0.6) is 0 Å². The molecule has 0 heterocycles. The van der Waals surface area contributed by atoms with Gasteiger partial charge in [0, 0.05) is 19.2 Å². The molecule has 0 atom stereocenters. The van der Waals surface area contributed by atoms with E-state index in [0.717, 1.165) is 37.8 Å². The SMILES string of the molecule is CCCCN(CCCC)C(=O)C(=O)Nc1ccc(F)cc1F. The minimum atomic E-state index is -0.908. The minimum absolute atomic E-state index is 0.203. The highest BCUT2D eigenvalue weighted by molar-refractivity contribution is 6.39. The molecular formula is C16H22F2N2O2. The summed E-state index contributed by atoms with van der Waals surface area (Å²) in [5.41, 5.74) is -0.203. The Hall–Kier alpha value is -1.98. The summed E-state index contributed by atoms with van der Waals surface area (Å²) >= 11 is 0. The van der Waals surface area contributed by atoms with E-state index in [0.29, 0.717) is 19.2 Å². The number of nitrogens with one attached hydrogen (secondary N) is 1. The summed E-state index contributed by atoms with van der Waals surface area (Å²) in [5.74, 6) is -3.24. The lowest BCUT2D eigenvalue weighted by Gasteiger charge is -2.21. The summed E-state index contributed by atoms with van der Waals surface area (Å²) in [6.45, 7) is 4.98. The standard InChI is InChI=1S/C16H22F2N2O2/c1-3-5-9-20(10-6-4-2)16(22)15(21)19-14-8-7-12(17)11-13(14)18/h7-8,11H,3-6,9-10H2,1-2H3,(H,19,21). The van der Waals surface area contributed by atoms with E-state index in [1.54, 1.807) is 0 Å². The van der Waals surface area contributed by atoms with E-state index in [1.165, 1.54) is 4.90 Å². The van der Waals surface area contributed by atoms with Crippen molar-refractivity contribution >= 4 is 17.5 Å². The molecule has 0 unspecified atom stereocenters. The fraction of sp³-hybridized carbons (Fsp3) is 0.500. The Kier molecular flexibility index (Phi) is 7.49. The van der Waals surface area contributed by atoms with Crippen molar-refractivity contribution < 1.29 is 18.4 Å². The van der Waals surface area contributed by atoms with Gasteiger partial charge in [-0.25, -0.2) is 8.78 Å². The molecule has 1 rings (SSSR count). The van der Waals surface area contributed by atoms with Crippen LogP contribution in [-0.4, -0.2) is 29.8 Å². The third kappa shape index (κ3) is 5.42. The summed E-state index contributed by atoms with van der Waals surface area (Å²) in [5, 5.41) is 2.20. The summed E-state index contributed by atoms with van der Waals surface area (Å²) < 4.78 is 26.3. The molecule has 0 aromatic heterocycles. The van der Waals surface area contributed by atoms with E-state index in [9.17, 15) is 18.4 Å². The third-order valence-electron chi connectivity index (χ3n) is 3.22. The number of carbonyl (C=O) groups is 2. The van der Waals surface area contributed by atoms with Gasteiger partial charge in [0.15, 0.2) is 0 Å². The lowest BCUT2D eigenvalue weighted by molar-refractivity contribution is -0.143. The number of carbonyl (C=O) groups excluding carboxylic acids is 2. The molecule has 0 radical (unpaired) electrons. The maximum Gasteiger partial charge on any atom is 0.313 e. The molecular weight excluding hydrogens is 290 g/mol. The molecule has 0 aliphatic heterocycles. The van der Waals surface area contributed by atoms with Crippen molar-refractivity contribution in [2.75, 3.05) is 18.4 Å². The Morgan fingerprint density at radius 2 is 1.68 bits per heavy atom. The third-order valence-corrected chi connectivity index (χ3v) is 3.22. The van der Waals surface area contributed by atoms with Crippen molar-refractivity contribution in [1.82, 2.24) is 4.90 Å². The second-order valence-corrected chi connectivity index (χ2v) is 5.08. The first-order chi connectivity index (χ1) is 10.5. The van der Waals surface area contributed by atoms with Crippen molar-refractivity contribution in [3.05, 3.63) is 29.8 Å². The zero-order valence-electron chi connectivity index (χ0n) is 13.0. The van der Waals surface area contributed by atoms with E-state index in [2.05, 4.69) is 5.32 Å². The number of rotatable bonds is 7. The van der Waals surface area contributed by atoms with Crippen LogP contribution in [0.2, 0.25) is 0 Å². The Balaban J connectivity index is 2.73. The van der Waals surface area contributed by atoms with Crippen LogP contribution in [0.1, 0.15) is 39.5 Å². The summed E-state index contributed by atoms with van der Waals surface area (Å²) in [7, 11) is 0. The van der Waals surface area contributed by atoms with Crippen LogP contribution in [0.25, 0.3) is 0 Å². The van der Waals surface area contributed by atoms with Crippen LogP contribution < -0.4 is 5.32 Å². The van der Waals surface area contributed by atoms with Gasteiger partial charge in [0.05, 0.1) is 5.69 Å². The normalized spacial score (nSPS) is 10.4. The summed E-state index contributed by atoms with van der Waals surface area (Å²) in [4.78, 5) is 25.6. The minimum Gasteiger partial charge on any atom is -0.334 e. The van der Waals surface area contributed by atoms with Crippen LogP contribution in [-0.2, 0) is 9.59 Å². The topological polar surface area (TPSA) is 49.4 Å². The maximum atomic E-state index is 13.5. The molecule has 1 aromatic carbocycles. The van der Waals surface area contributed by atoms with Gasteiger partial charge in [-0.2, -0.15) is 0 Å². The zero-order valence-corrected chi connectivity index (χ0v) is 13.0. The van der Waals surface area contributed by atoms with Gasteiger partial charge in [-0.3, -0.25) is 9.59 Å². The highest BCUT2D eigenvalue weighted by Gasteiger charge is 2.22. The molecule has 0 fully saturated rings. The number of halogens is 2. The highest BCUT2D eigenvalue weighted by Crippen LogP contribution is 2.15. The Morgan fingerprint density at radius 1 is 1.09 bits per heavy atom. The molecule has 0 aliphatic carbocycles. The lowest BCUT2D eigenvalue weighted by atomic mass is 10.2. The van der Waals surface area contributed by atoms with E-state index >= 15 is 0 Å². The first kappa shape index (κ1) is 18.1. The van der Waals surface area contributed by atoms with Gasteiger partial charge in [0.25, 0.3) is 0 Å². The molecule has 0 spiro atoms. The van der Waals surface area contributed by atoms with Gasteiger partial charge in [-0.15, -0.1) is 0 Å². The molecule has 1 N–H and O–H groups in total.